The van der Waals surface area contributed by atoms with Gasteiger partial charge in [0, 0.05) is 31.5 Å². The van der Waals surface area contributed by atoms with Gasteiger partial charge in [0.15, 0.2) is 0 Å². The number of sulfonamides is 1. The van der Waals surface area contributed by atoms with E-state index in [2.05, 4.69) is 25.0 Å². The molecule has 1 fully saturated rings. The number of hydrogen-bond acceptors (Lipinski definition) is 8. The molecule has 3 N–H and O–H groups in total. The van der Waals surface area contributed by atoms with E-state index in [-0.39, 0.29) is 16.0 Å². The molecule has 11 nitrogen and oxygen atoms in total. The summed E-state index contributed by atoms with van der Waals surface area (Å²) < 4.78 is 34.8. The van der Waals surface area contributed by atoms with Gasteiger partial charge in [0.25, 0.3) is 10.0 Å². The first-order valence-corrected chi connectivity index (χ1v) is 15.1. The molecule has 3 heterocycles. The second-order valence-corrected chi connectivity index (χ2v) is 11.9. The van der Waals surface area contributed by atoms with Crippen LogP contribution in [0.3, 0.4) is 0 Å². The van der Waals surface area contributed by atoms with E-state index in [1.165, 1.54) is 17.0 Å². The number of anilines is 2. The van der Waals surface area contributed by atoms with E-state index >= 15 is 0 Å². The van der Waals surface area contributed by atoms with Crippen LogP contribution in [0.1, 0.15) is 24.0 Å². The fraction of sp³-hybridized carbons (Fsp3) is 0.241. The molecule has 1 amide bonds. The maximum absolute atomic E-state index is 13.0. The largest absolute Gasteiger partial charge is 0.465 e. The predicted octanol–water partition coefficient (Wildman–Crippen LogP) is 5.96. The fourth-order valence-electron chi connectivity index (χ4n) is 4.68. The van der Waals surface area contributed by atoms with Gasteiger partial charge < -0.3 is 20.1 Å². The van der Waals surface area contributed by atoms with Gasteiger partial charge in [-0.05, 0) is 80.3 Å². The summed E-state index contributed by atoms with van der Waals surface area (Å²) >= 11 is 6.12. The lowest BCUT2D eigenvalue weighted by Gasteiger charge is -2.31. The molecule has 218 valence electrons. The Balaban J connectivity index is 1.37. The van der Waals surface area contributed by atoms with Gasteiger partial charge in [-0.3, -0.25) is 4.72 Å². The Morgan fingerprint density at radius 1 is 1.05 bits per heavy atom. The van der Waals surface area contributed by atoms with E-state index in [0.717, 1.165) is 18.4 Å². The van der Waals surface area contributed by atoms with E-state index < -0.39 is 16.1 Å². The van der Waals surface area contributed by atoms with Crippen LogP contribution in [0.4, 0.5) is 16.4 Å². The molecule has 42 heavy (non-hydrogen) atoms. The van der Waals surface area contributed by atoms with Crippen molar-refractivity contribution in [2.45, 2.75) is 37.6 Å². The van der Waals surface area contributed by atoms with Crippen LogP contribution in [0.2, 0.25) is 5.02 Å². The van der Waals surface area contributed by atoms with Crippen LogP contribution >= 0.6 is 11.6 Å². The second-order valence-electron chi connectivity index (χ2n) is 9.83. The average molecular weight is 609 g/mol. The molecule has 0 spiro atoms. The number of pyridine rings is 1. The summed E-state index contributed by atoms with van der Waals surface area (Å²) in [6, 6.07) is 14.8. The maximum atomic E-state index is 13.0. The standard InChI is InChI=1S/C29H29ClN6O5S/c1-18-19(2)25(12-11-23(18)35-42(39,40)26-10-4-3-9-22(26)30)41-27-21(8-5-14-31-27)24-13-15-32-28(34-24)33-20-7-6-16-36(17-20)29(37)38/h3-5,8-15,20,35H,6-7,16-17H2,1-2H3,(H,37,38)(H,32,33,34)/t20-/m0/s1. The van der Waals surface area contributed by atoms with Crippen molar-refractivity contribution in [3.05, 3.63) is 83.1 Å². The molecule has 13 heteroatoms. The minimum absolute atomic E-state index is 0.0106. The Bertz CT molecular complexity index is 1740. The van der Waals surface area contributed by atoms with Crippen LogP contribution in [0, 0.1) is 13.8 Å². The Labute approximate surface area is 248 Å². The number of rotatable bonds is 8. The first-order valence-electron chi connectivity index (χ1n) is 13.2. The molecule has 0 saturated carbocycles. The summed E-state index contributed by atoms with van der Waals surface area (Å²) in [6.45, 7) is 4.49. The first kappa shape index (κ1) is 29.1. The van der Waals surface area contributed by atoms with Crippen LogP contribution in [-0.2, 0) is 10.0 Å². The molecule has 0 radical (unpaired) electrons. The van der Waals surface area contributed by atoms with Gasteiger partial charge >= 0.3 is 6.09 Å². The van der Waals surface area contributed by atoms with Crippen LogP contribution < -0.4 is 14.8 Å². The zero-order valence-corrected chi connectivity index (χ0v) is 24.5. The number of likely N-dealkylation sites (tertiary alicyclic amines) is 1. The van der Waals surface area contributed by atoms with Gasteiger partial charge in [-0.2, -0.15) is 0 Å². The zero-order chi connectivity index (χ0) is 29.9. The van der Waals surface area contributed by atoms with Crippen LogP contribution in [0.5, 0.6) is 11.6 Å². The second kappa shape index (κ2) is 12.2. The third kappa shape index (κ3) is 6.39. The highest BCUT2D eigenvalue weighted by atomic mass is 35.5. The van der Waals surface area contributed by atoms with Crippen molar-refractivity contribution in [2.75, 3.05) is 23.1 Å². The minimum Gasteiger partial charge on any atom is -0.465 e. The summed E-state index contributed by atoms with van der Waals surface area (Å²) in [5.41, 5.74) is 2.99. The zero-order valence-electron chi connectivity index (χ0n) is 22.9. The minimum atomic E-state index is -3.91. The molecule has 0 aliphatic carbocycles. The lowest BCUT2D eigenvalue weighted by atomic mass is 10.1. The molecule has 1 saturated heterocycles. The van der Waals surface area contributed by atoms with E-state index in [0.29, 0.717) is 53.2 Å². The summed E-state index contributed by atoms with van der Waals surface area (Å²) in [4.78, 5) is 26.2. The molecule has 1 aliphatic rings. The number of aromatic nitrogens is 3. The predicted molar refractivity (Wildman–Crippen MR) is 160 cm³/mol. The van der Waals surface area contributed by atoms with Gasteiger partial charge in [-0.25, -0.2) is 28.2 Å². The number of hydrogen-bond donors (Lipinski definition) is 3. The van der Waals surface area contributed by atoms with Crippen molar-refractivity contribution in [3.63, 3.8) is 0 Å². The number of halogens is 1. The quantitative estimate of drug-likeness (QED) is 0.220. The highest BCUT2D eigenvalue weighted by Crippen LogP contribution is 2.35. The third-order valence-electron chi connectivity index (χ3n) is 7.04. The number of carboxylic acid groups (broad SMARTS) is 1. The summed E-state index contributed by atoms with van der Waals surface area (Å²) in [5, 5.41) is 12.7. The number of carbonyl (C=O) groups is 1. The third-order valence-corrected chi connectivity index (χ3v) is 8.91. The number of amides is 1. The van der Waals surface area contributed by atoms with Gasteiger partial charge in [0.05, 0.1) is 22.0 Å². The molecule has 5 rings (SSSR count). The van der Waals surface area contributed by atoms with Crippen LogP contribution in [0.25, 0.3) is 11.3 Å². The molecular formula is C29H29ClN6O5S. The Kier molecular flexibility index (Phi) is 8.46. The number of ether oxygens (including phenoxy) is 1. The lowest BCUT2D eigenvalue weighted by Crippen LogP contribution is -2.44. The van der Waals surface area contributed by atoms with Crippen molar-refractivity contribution in [1.82, 2.24) is 19.9 Å². The van der Waals surface area contributed by atoms with Crippen LogP contribution in [-0.4, -0.2) is 58.6 Å². The van der Waals surface area contributed by atoms with E-state index in [9.17, 15) is 18.3 Å². The first-order chi connectivity index (χ1) is 20.1. The Morgan fingerprint density at radius 3 is 2.64 bits per heavy atom. The highest BCUT2D eigenvalue weighted by Gasteiger charge is 2.24. The monoisotopic (exact) mass is 608 g/mol. The average Bonchev–Trinajstić information content (AvgIpc) is 2.97. The molecule has 1 atom stereocenters. The van der Waals surface area contributed by atoms with E-state index in [1.54, 1.807) is 55.7 Å². The Hall–Kier alpha value is -4.42. The molecular weight excluding hydrogens is 580 g/mol. The highest BCUT2D eigenvalue weighted by molar-refractivity contribution is 7.92. The Morgan fingerprint density at radius 2 is 1.86 bits per heavy atom. The number of nitrogens with one attached hydrogen (secondary N) is 2. The number of nitrogens with zero attached hydrogens (tertiary/aromatic N) is 4. The summed E-state index contributed by atoms with van der Waals surface area (Å²) in [5.74, 6) is 1.18. The van der Waals surface area contributed by atoms with Gasteiger partial charge in [0.1, 0.15) is 10.6 Å². The number of piperidine rings is 1. The lowest BCUT2D eigenvalue weighted by molar-refractivity contribution is 0.132. The van der Waals surface area contributed by atoms with Crippen molar-refractivity contribution in [2.24, 2.45) is 0 Å². The van der Waals surface area contributed by atoms with Gasteiger partial charge in [0.2, 0.25) is 11.8 Å². The molecule has 0 bridgehead atoms. The van der Waals surface area contributed by atoms with Crippen molar-refractivity contribution in [3.8, 4) is 22.9 Å². The summed E-state index contributed by atoms with van der Waals surface area (Å²) in [7, 11) is -3.91. The van der Waals surface area contributed by atoms with E-state index in [1.807, 2.05) is 13.0 Å². The SMILES string of the molecule is Cc1c(NS(=O)(=O)c2ccccc2Cl)ccc(Oc2ncccc2-c2ccnc(N[C@H]3CCCN(C(=O)O)C3)n2)c1C. The number of benzene rings is 2. The molecule has 0 unspecified atom stereocenters. The molecule has 2 aromatic heterocycles. The van der Waals surface area contributed by atoms with E-state index in [4.69, 9.17) is 16.3 Å². The molecule has 4 aromatic rings. The smallest absolute Gasteiger partial charge is 0.407 e. The van der Waals surface area contributed by atoms with Crippen molar-refractivity contribution >= 4 is 39.4 Å². The summed E-state index contributed by atoms with van der Waals surface area (Å²) in [6.07, 6.45) is 3.85. The van der Waals surface area contributed by atoms with Crippen molar-refractivity contribution < 1.29 is 23.1 Å². The maximum Gasteiger partial charge on any atom is 0.407 e. The molecule has 1 aliphatic heterocycles. The topological polar surface area (TPSA) is 147 Å². The van der Waals surface area contributed by atoms with Crippen molar-refractivity contribution in [1.29, 1.82) is 0 Å². The van der Waals surface area contributed by atoms with Gasteiger partial charge in [-0.15, -0.1) is 0 Å². The fourth-order valence-corrected chi connectivity index (χ4v) is 6.32. The van der Waals surface area contributed by atoms with Crippen LogP contribution in [0.15, 0.2) is 71.9 Å². The normalized spacial score (nSPS) is 15.2. The van der Waals surface area contributed by atoms with Gasteiger partial charge in [-0.1, -0.05) is 23.7 Å². The molecule has 2 aromatic carbocycles.